The number of aromatic amines is 1. The normalized spacial score (nSPS) is 17.0. The minimum Gasteiger partial charge on any atom is -0.377 e. The molecule has 0 spiro atoms. The van der Waals surface area contributed by atoms with Crippen LogP contribution in [-0.4, -0.2) is 37.0 Å². The van der Waals surface area contributed by atoms with E-state index in [1.165, 1.54) is 18.2 Å². The fourth-order valence-electron chi connectivity index (χ4n) is 3.98. The molecule has 2 aromatic carbocycles. The first-order valence-electron chi connectivity index (χ1n) is 10.3. The van der Waals surface area contributed by atoms with E-state index < -0.39 is 20.7 Å². The topological polar surface area (TPSA) is 79.5 Å². The van der Waals surface area contributed by atoms with Crippen LogP contribution in [0.5, 0.6) is 0 Å². The summed E-state index contributed by atoms with van der Waals surface area (Å²) in [5, 5.41) is 0.856. The summed E-state index contributed by atoms with van der Waals surface area (Å²) in [7, 11) is -4.18. The number of fused-ring (bicyclic) bond motifs is 1. The zero-order valence-corrected chi connectivity index (χ0v) is 18.3. The summed E-state index contributed by atoms with van der Waals surface area (Å²) < 4.78 is 47.9. The number of pyridine rings is 1. The Balaban J connectivity index is 1.78. The Hall–Kier alpha value is -2.55. The van der Waals surface area contributed by atoms with E-state index in [9.17, 15) is 17.6 Å². The number of aromatic nitrogens is 1. The molecular formula is C23H25FN2O4S. The number of aryl methyl sites for hydroxylation is 2. The third-order valence-electron chi connectivity index (χ3n) is 5.75. The van der Waals surface area contributed by atoms with E-state index in [1.807, 2.05) is 26.0 Å². The van der Waals surface area contributed by atoms with Crippen LogP contribution in [0.4, 0.5) is 4.39 Å². The van der Waals surface area contributed by atoms with Gasteiger partial charge in [0.2, 0.25) is 10.0 Å². The average Bonchev–Trinajstić information content (AvgIpc) is 3.24. The van der Waals surface area contributed by atoms with Crippen LogP contribution < -0.4 is 5.56 Å². The van der Waals surface area contributed by atoms with Crippen molar-refractivity contribution >= 4 is 20.9 Å². The monoisotopic (exact) mass is 444 g/mol. The minimum absolute atomic E-state index is 0.0565. The first-order chi connectivity index (χ1) is 14.8. The largest absolute Gasteiger partial charge is 0.377 e. The van der Waals surface area contributed by atoms with Gasteiger partial charge in [0, 0.05) is 30.6 Å². The van der Waals surface area contributed by atoms with Crippen molar-refractivity contribution in [3.05, 3.63) is 75.3 Å². The zero-order chi connectivity index (χ0) is 22.2. The number of sulfonamides is 1. The molecule has 1 atom stereocenters. The second-order valence-corrected chi connectivity index (χ2v) is 9.88. The number of nitrogens with one attached hydrogen (secondary N) is 1. The molecular weight excluding hydrogens is 419 g/mol. The van der Waals surface area contributed by atoms with Crippen molar-refractivity contribution < 1.29 is 17.5 Å². The van der Waals surface area contributed by atoms with E-state index in [1.54, 1.807) is 6.07 Å². The zero-order valence-electron chi connectivity index (χ0n) is 17.5. The molecule has 4 rings (SSSR count). The minimum atomic E-state index is -4.18. The molecule has 1 aromatic heterocycles. The molecule has 164 valence electrons. The number of ether oxygens (including phenoxy) is 1. The van der Waals surface area contributed by atoms with Gasteiger partial charge in [-0.3, -0.25) is 4.79 Å². The maximum absolute atomic E-state index is 14.4. The summed E-state index contributed by atoms with van der Waals surface area (Å²) >= 11 is 0. The van der Waals surface area contributed by atoms with Crippen molar-refractivity contribution in [1.29, 1.82) is 0 Å². The van der Waals surface area contributed by atoms with Gasteiger partial charge in [-0.15, -0.1) is 0 Å². The lowest BCUT2D eigenvalue weighted by Gasteiger charge is -2.25. The summed E-state index contributed by atoms with van der Waals surface area (Å²) in [5.41, 5.74) is 2.58. The predicted molar refractivity (Wildman–Crippen MR) is 117 cm³/mol. The standard InChI is InChI=1S/C23H25FN2O4S/c1-15-9-10-16(2)22-19(15)12-17(23(27)25-22)13-26(14-18-6-5-11-30-18)31(28,29)21-8-4-3-7-20(21)24/h3-4,7-10,12,18H,5-6,11,13-14H2,1-2H3,(H,25,27). The highest BCUT2D eigenvalue weighted by molar-refractivity contribution is 7.89. The van der Waals surface area contributed by atoms with Crippen molar-refractivity contribution in [3.8, 4) is 0 Å². The van der Waals surface area contributed by atoms with E-state index in [4.69, 9.17) is 4.74 Å². The molecule has 2 heterocycles. The molecule has 1 aliphatic heterocycles. The first-order valence-corrected chi connectivity index (χ1v) is 11.7. The molecule has 1 fully saturated rings. The number of hydrogen-bond donors (Lipinski definition) is 1. The van der Waals surface area contributed by atoms with Crippen molar-refractivity contribution in [2.45, 2.75) is 44.2 Å². The molecule has 1 N–H and O–H groups in total. The van der Waals surface area contributed by atoms with Gasteiger partial charge in [0.05, 0.1) is 11.6 Å². The lowest BCUT2D eigenvalue weighted by Crippen LogP contribution is -2.38. The lowest BCUT2D eigenvalue weighted by molar-refractivity contribution is 0.0924. The Bertz CT molecular complexity index is 1280. The van der Waals surface area contributed by atoms with Crippen molar-refractivity contribution in [3.63, 3.8) is 0 Å². The molecule has 0 amide bonds. The van der Waals surface area contributed by atoms with E-state index in [0.717, 1.165) is 45.2 Å². The van der Waals surface area contributed by atoms with Crippen LogP contribution in [0.3, 0.4) is 0 Å². The second-order valence-electron chi connectivity index (χ2n) is 7.97. The maximum atomic E-state index is 14.4. The van der Waals surface area contributed by atoms with Crippen LogP contribution >= 0.6 is 0 Å². The lowest BCUT2D eigenvalue weighted by atomic mass is 10.0. The Morgan fingerprint density at radius 3 is 2.61 bits per heavy atom. The molecule has 31 heavy (non-hydrogen) atoms. The molecule has 1 aliphatic rings. The predicted octanol–water partition coefficient (Wildman–Crippen LogP) is 3.65. The third kappa shape index (κ3) is 4.28. The summed E-state index contributed by atoms with van der Waals surface area (Å²) in [6.45, 7) is 4.29. The SMILES string of the molecule is Cc1ccc(C)c2[nH]c(=O)c(CN(CC3CCCO3)S(=O)(=O)c3ccccc3F)cc12. The van der Waals surface area contributed by atoms with E-state index in [2.05, 4.69) is 4.98 Å². The fourth-order valence-corrected chi connectivity index (χ4v) is 5.50. The Morgan fingerprint density at radius 2 is 1.90 bits per heavy atom. The molecule has 3 aromatic rings. The third-order valence-corrected chi connectivity index (χ3v) is 7.60. The van der Waals surface area contributed by atoms with Crippen LogP contribution in [0.15, 0.2) is 52.2 Å². The fraction of sp³-hybridized carbons (Fsp3) is 0.348. The van der Waals surface area contributed by atoms with Crippen LogP contribution in [0, 0.1) is 19.7 Å². The van der Waals surface area contributed by atoms with Crippen molar-refractivity contribution in [2.24, 2.45) is 0 Å². The Morgan fingerprint density at radius 1 is 1.16 bits per heavy atom. The van der Waals surface area contributed by atoms with Gasteiger partial charge in [-0.1, -0.05) is 24.3 Å². The number of rotatable bonds is 6. The molecule has 6 nitrogen and oxygen atoms in total. The van der Waals surface area contributed by atoms with Gasteiger partial charge in [-0.25, -0.2) is 12.8 Å². The molecule has 8 heteroatoms. The highest BCUT2D eigenvalue weighted by atomic mass is 32.2. The Labute approximate surface area is 180 Å². The maximum Gasteiger partial charge on any atom is 0.252 e. The van der Waals surface area contributed by atoms with Crippen LogP contribution in [-0.2, 0) is 21.3 Å². The van der Waals surface area contributed by atoms with Crippen molar-refractivity contribution in [1.82, 2.24) is 9.29 Å². The molecule has 0 aliphatic carbocycles. The van der Waals surface area contributed by atoms with Crippen LogP contribution in [0.2, 0.25) is 0 Å². The first kappa shape index (κ1) is 21.7. The van der Waals surface area contributed by atoms with Gasteiger partial charge < -0.3 is 9.72 Å². The van der Waals surface area contributed by atoms with E-state index in [-0.39, 0.29) is 24.8 Å². The van der Waals surface area contributed by atoms with Gasteiger partial charge in [0.1, 0.15) is 10.7 Å². The van der Waals surface area contributed by atoms with E-state index >= 15 is 0 Å². The molecule has 0 radical (unpaired) electrons. The van der Waals surface area contributed by atoms with Gasteiger partial charge in [0.25, 0.3) is 5.56 Å². The average molecular weight is 445 g/mol. The van der Waals surface area contributed by atoms with Gasteiger partial charge in [-0.2, -0.15) is 4.31 Å². The molecule has 0 saturated carbocycles. The molecule has 1 unspecified atom stereocenters. The van der Waals surface area contributed by atoms with Crippen LogP contribution in [0.1, 0.15) is 29.5 Å². The molecule has 0 bridgehead atoms. The number of H-pyrrole nitrogens is 1. The summed E-state index contributed by atoms with van der Waals surface area (Å²) in [6.07, 6.45) is 1.27. The van der Waals surface area contributed by atoms with Gasteiger partial charge in [-0.05, 0) is 56.0 Å². The van der Waals surface area contributed by atoms with Crippen molar-refractivity contribution in [2.75, 3.05) is 13.2 Å². The Kier molecular flexibility index (Phi) is 5.96. The number of benzene rings is 2. The highest BCUT2D eigenvalue weighted by Gasteiger charge is 2.31. The molecule has 1 saturated heterocycles. The van der Waals surface area contributed by atoms with Crippen LogP contribution in [0.25, 0.3) is 10.9 Å². The quantitative estimate of drug-likeness (QED) is 0.629. The van der Waals surface area contributed by atoms with E-state index in [0.29, 0.717) is 12.2 Å². The number of nitrogens with zero attached hydrogens (tertiary/aromatic N) is 1. The highest BCUT2D eigenvalue weighted by Crippen LogP contribution is 2.25. The second kappa shape index (κ2) is 8.53. The summed E-state index contributed by atoms with van der Waals surface area (Å²) in [5.74, 6) is -0.821. The number of hydrogen-bond acceptors (Lipinski definition) is 4. The summed E-state index contributed by atoms with van der Waals surface area (Å²) in [6, 6.07) is 10.9. The number of halogens is 1. The van der Waals surface area contributed by atoms with Gasteiger partial charge >= 0.3 is 0 Å². The summed E-state index contributed by atoms with van der Waals surface area (Å²) in [4.78, 5) is 15.3. The van der Waals surface area contributed by atoms with Gasteiger partial charge in [0.15, 0.2) is 0 Å². The smallest absolute Gasteiger partial charge is 0.252 e.